The fourth-order valence-electron chi connectivity index (χ4n) is 9.23. The summed E-state index contributed by atoms with van der Waals surface area (Å²) in [5, 5.41) is 14.9. The zero-order valence-corrected chi connectivity index (χ0v) is 25.3. The Morgan fingerprint density at radius 1 is 1.07 bits per heavy atom. The zero-order chi connectivity index (χ0) is 29.9. The van der Waals surface area contributed by atoms with Gasteiger partial charge in [-0.05, 0) is 81.8 Å². The summed E-state index contributed by atoms with van der Waals surface area (Å²) < 4.78 is 23.3. The molecule has 2 N–H and O–H groups in total. The molecule has 1 aromatic carbocycles. The molecule has 1 saturated heterocycles. The van der Waals surface area contributed by atoms with Gasteiger partial charge in [0.1, 0.15) is 17.6 Å². The summed E-state index contributed by atoms with van der Waals surface area (Å²) in [7, 11) is 1.66. The number of ketones is 1. The minimum absolute atomic E-state index is 0.0720. The predicted molar refractivity (Wildman–Crippen MR) is 155 cm³/mol. The molecule has 2 aliphatic heterocycles. The molecule has 2 saturated carbocycles. The quantitative estimate of drug-likeness (QED) is 0.327. The van der Waals surface area contributed by atoms with Gasteiger partial charge in [0.2, 0.25) is 0 Å². The van der Waals surface area contributed by atoms with Crippen LogP contribution in [0.3, 0.4) is 0 Å². The molecule has 2 unspecified atom stereocenters. The van der Waals surface area contributed by atoms with Gasteiger partial charge < -0.3 is 29.1 Å². The summed E-state index contributed by atoms with van der Waals surface area (Å²) in [5.41, 5.74) is 0.0967. The number of Topliss-reactive ketones (excluding diaryl/α,β-unsaturated/α-hetero) is 1. The van der Waals surface area contributed by atoms with E-state index in [9.17, 15) is 14.7 Å². The Morgan fingerprint density at radius 3 is 2.50 bits per heavy atom. The van der Waals surface area contributed by atoms with E-state index < -0.39 is 33.9 Å². The van der Waals surface area contributed by atoms with Crippen molar-refractivity contribution in [1.29, 1.82) is 0 Å². The Labute approximate surface area is 247 Å². The monoisotopic (exact) mass is 577 g/mol. The molecule has 0 bridgehead atoms. The van der Waals surface area contributed by atoms with Gasteiger partial charge in [-0.25, -0.2) is 4.79 Å². The molecule has 7 atom stereocenters. The summed E-state index contributed by atoms with van der Waals surface area (Å²) in [6, 6.07) is 9.83. The largest absolute Gasteiger partial charge is 0.497 e. The second-order valence-corrected chi connectivity index (χ2v) is 13.6. The smallest absolute Gasteiger partial charge is 0.331 e. The SMILES string of the molecule is COc1ccc(CNCCC2OC(C)(C)[C@@H]3CC(=O)[C@@]4(C)C5=CC(=O)O[C@@H](c6ccoc6)[C@]5(C)CC[C@@H]4C23CO)cc1. The molecule has 6 rings (SSSR count). The van der Waals surface area contributed by atoms with Crippen molar-refractivity contribution in [3.63, 3.8) is 0 Å². The number of aliphatic hydroxyl groups excluding tert-OH is 1. The van der Waals surface area contributed by atoms with Crippen molar-refractivity contribution >= 4 is 11.8 Å². The maximum Gasteiger partial charge on any atom is 0.331 e. The van der Waals surface area contributed by atoms with E-state index in [1.165, 1.54) is 0 Å². The number of methoxy groups -OCH3 is 1. The van der Waals surface area contributed by atoms with Crippen molar-refractivity contribution in [2.75, 3.05) is 20.3 Å². The number of hydrogen-bond donors (Lipinski definition) is 2. The molecule has 1 aromatic heterocycles. The third kappa shape index (κ3) is 4.20. The molecule has 226 valence electrons. The van der Waals surface area contributed by atoms with Crippen LogP contribution in [0.2, 0.25) is 0 Å². The number of esters is 1. The molecule has 2 aromatic rings. The average Bonchev–Trinajstić information content (AvgIpc) is 3.57. The van der Waals surface area contributed by atoms with Gasteiger partial charge in [0, 0.05) is 41.4 Å². The zero-order valence-electron chi connectivity index (χ0n) is 25.3. The lowest BCUT2D eigenvalue weighted by molar-refractivity contribution is -0.171. The Hall–Kier alpha value is -2.94. The van der Waals surface area contributed by atoms with Crippen LogP contribution in [0.1, 0.15) is 70.6 Å². The van der Waals surface area contributed by atoms with Gasteiger partial charge in [0.25, 0.3) is 0 Å². The van der Waals surface area contributed by atoms with Gasteiger partial charge in [0.15, 0.2) is 0 Å². The van der Waals surface area contributed by atoms with Crippen LogP contribution in [0.4, 0.5) is 0 Å². The number of fused-ring (bicyclic) bond motifs is 5. The van der Waals surface area contributed by atoms with E-state index in [0.717, 1.165) is 22.4 Å². The lowest BCUT2D eigenvalue weighted by Gasteiger charge is -2.63. The third-order valence-electron chi connectivity index (χ3n) is 11.2. The summed E-state index contributed by atoms with van der Waals surface area (Å²) in [6.07, 6.45) is 6.43. The van der Waals surface area contributed by atoms with Crippen LogP contribution in [0, 0.1) is 28.1 Å². The average molecular weight is 578 g/mol. The van der Waals surface area contributed by atoms with Crippen LogP contribution >= 0.6 is 0 Å². The van der Waals surface area contributed by atoms with Gasteiger partial charge in [-0.15, -0.1) is 0 Å². The van der Waals surface area contributed by atoms with Gasteiger partial charge in [-0.3, -0.25) is 4.79 Å². The Morgan fingerprint density at radius 2 is 1.83 bits per heavy atom. The molecule has 3 fully saturated rings. The van der Waals surface area contributed by atoms with E-state index in [4.69, 9.17) is 18.6 Å². The van der Waals surface area contributed by atoms with E-state index in [0.29, 0.717) is 38.8 Å². The van der Waals surface area contributed by atoms with Crippen LogP contribution in [-0.2, 0) is 25.6 Å². The highest BCUT2D eigenvalue weighted by atomic mass is 16.5. The van der Waals surface area contributed by atoms with E-state index >= 15 is 0 Å². The fourth-order valence-corrected chi connectivity index (χ4v) is 9.23. The van der Waals surface area contributed by atoms with Crippen LogP contribution in [0.25, 0.3) is 0 Å². The van der Waals surface area contributed by atoms with Crippen molar-refractivity contribution < 1.29 is 33.3 Å². The van der Waals surface area contributed by atoms with Gasteiger partial charge >= 0.3 is 5.97 Å². The molecule has 0 amide bonds. The number of hydrogen-bond acceptors (Lipinski definition) is 8. The van der Waals surface area contributed by atoms with Crippen LogP contribution in [0.15, 0.2) is 58.9 Å². The summed E-state index contributed by atoms with van der Waals surface area (Å²) in [4.78, 5) is 27.4. The van der Waals surface area contributed by atoms with Gasteiger partial charge in [-0.1, -0.05) is 19.1 Å². The lowest BCUT2D eigenvalue weighted by Crippen LogP contribution is -2.64. The number of carbonyl (C=O) groups is 2. The van der Waals surface area contributed by atoms with Crippen molar-refractivity contribution in [3.8, 4) is 5.75 Å². The first kappa shape index (κ1) is 29.1. The first-order valence-corrected chi connectivity index (χ1v) is 15.1. The molecule has 4 aliphatic rings. The minimum atomic E-state index is -0.924. The fraction of sp³-hybridized carbons (Fsp3) is 0.588. The maximum atomic E-state index is 14.3. The van der Waals surface area contributed by atoms with E-state index in [2.05, 4.69) is 26.1 Å². The number of carbonyl (C=O) groups excluding carboxylic acids is 2. The van der Waals surface area contributed by atoms with Gasteiger partial charge in [0.05, 0.1) is 43.4 Å². The number of benzene rings is 1. The number of furan rings is 1. The molecular formula is C34H43NO7. The van der Waals surface area contributed by atoms with Gasteiger partial charge in [-0.2, -0.15) is 0 Å². The van der Waals surface area contributed by atoms with Crippen molar-refractivity contribution in [2.24, 2.45) is 28.1 Å². The topological polar surface area (TPSA) is 107 Å². The second-order valence-electron chi connectivity index (χ2n) is 13.6. The third-order valence-corrected chi connectivity index (χ3v) is 11.2. The molecule has 2 aliphatic carbocycles. The number of cyclic esters (lactones) is 1. The number of aliphatic hydroxyl groups is 1. The van der Waals surface area contributed by atoms with Crippen LogP contribution in [0.5, 0.6) is 5.75 Å². The second kappa shape index (κ2) is 10.4. The Balaban J connectivity index is 1.31. The normalized spacial score (nSPS) is 36.9. The highest BCUT2D eigenvalue weighted by Gasteiger charge is 2.73. The Kier molecular flexibility index (Phi) is 7.18. The molecule has 3 heterocycles. The lowest BCUT2D eigenvalue weighted by atomic mass is 9.40. The van der Waals surface area contributed by atoms with E-state index in [1.54, 1.807) is 25.7 Å². The molecular weight excluding hydrogens is 534 g/mol. The maximum absolute atomic E-state index is 14.3. The standard InChI is InChI=1S/C34H43NO7/c1-31(2)25-16-27(37)33(4)24(10-13-32(3)26(33)17-29(38)41-30(32)22-12-15-40-19-22)34(25,20-36)28(42-31)11-14-35-18-21-6-8-23(39-5)9-7-21/h6-9,12,15,17,19,24-25,28,30,35-36H,10-11,13-14,16,18,20H2,1-5H3/t24-,25-,28?,30-,32+,33+,34?/m0/s1. The molecule has 0 spiro atoms. The van der Waals surface area contributed by atoms with Crippen LogP contribution < -0.4 is 10.1 Å². The van der Waals surface area contributed by atoms with Crippen molar-refractivity contribution in [1.82, 2.24) is 5.32 Å². The van der Waals surface area contributed by atoms with E-state index in [1.807, 2.05) is 37.3 Å². The first-order valence-electron chi connectivity index (χ1n) is 15.1. The number of rotatable bonds is 8. The summed E-state index contributed by atoms with van der Waals surface area (Å²) in [6.45, 7) is 9.56. The number of ether oxygens (including phenoxy) is 3. The predicted octanol–water partition coefficient (Wildman–Crippen LogP) is 5.16. The highest BCUT2D eigenvalue weighted by molar-refractivity contribution is 5.94. The Bertz CT molecular complexity index is 1360. The van der Waals surface area contributed by atoms with Crippen LogP contribution in [-0.4, -0.2) is 48.8 Å². The summed E-state index contributed by atoms with van der Waals surface area (Å²) >= 11 is 0. The molecule has 0 radical (unpaired) electrons. The first-order chi connectivity index (χ1) is 20.0. The minimum Gasteiger partial charge on any atom is -0.497 e. The highest BCUT2D eigenvalue weighted by Crippen LogP contribution is 2.71. The molecule has 42 heavy (non-hydrogen) atoms. The molecule has 8 nitrogen and oxygen atoms in total. The van der Waals surface area contributed by atoms with E-state index in [-0.39, 0.29) is 30.3 Å². The van der Waals surface area contributed by atoms with Crippen molar-refractivity contribution in [2.45, 2.75) is 77.7 Å². The molecule has 8 heteroatoms. The van der Waals surface area contributed by atoms with Crippen molar-refractivity contribution in [3.05, 3.63) is 65.6 Å². The number of nitrogens with one attached hydrogen (secondary N) is 1. The summed E-state index contributed by atoms with van der Waals surface area (Å²) in [5.74, 6) is 0.203.